The van der Waals surface area contributed by atoms with E-state index in [-0.39, 0.29) is 5.78 Å². The first-order valence-corrected chi connectivity index (χ1v) is 5.69. The van der Waals surface area contributed by atoms with Crippen LogP contribution in [0.5, 0.6) is 5.75 Å². The van der Waals surface area contributed by atoms with E-state index in [9.17, 15) is 4.79 Å². The van der Waals surface area contributed by atoms with E-state index in [0.29, 0.717) is 13.0 Å². The summed E-state index contributed by atoms with van der Waals surface area (Å²) in [5.74, 6) is 1.02. The summed E-state index contributed by atoms with van der Waals surface area (Å²) < 4.78 is 5.64. The van der Waals surface area contributed by atoms with Gasteiger partial charge in [-0.1, -0.05) is 23.7 Å². The lowest BCUT2D eigenvalue weighted by atomic mass is 10.1. The molecule has 2 rings (SSSR count). The van der Waals surface area contributed by atoms with E-state index < -0.39 is 0 Å². The first-order valence-electron chi connectivity index (χ1n) is 5.26. The zero-order valence-electron chi connectivity index (χ0n) is 9.13. The molecule has 1 aromatic carbocycles. The number of Topliss-reactive ketones (excluding diaryl/α,β-unsaturated/α-hetero) is 1. The largest absolute Gasteiger partial charge is 0.489 e. The highest BCUT2D eigenvalue weighted by molar-refractivity contribution is 6.25. The molecule has 0 N–H and O–H groups in total. The predicted molar refractivity (Wildman–Crippen MR) is 64.2 cm³/mol. The zero-order valence-corrected chi connectivity index (χ0v) is 9.88. The van der Waals surface area contributed by atoms with Crippen molar-refractivity contribution in [1.82, 2.24) is 0 Å². The Hall–Kier alpha value is -1.28. The van der Waals surface area contributed by atoms with Crippen molar-refractivity contribution >= 4 is 17.4 Å². The molecule has 0 heterocycles. The van der Waals surface area contributed by atoms with E-state index in [0.717, 1.165) is 28.9 Å². The maximum absolute atomic E-state index is 11.5. The monoisotopic (exact) mass is 236 g/mol. The molecule has 0 spiro atoms. The molecule has 0 unspecified atom stereocenters. The van der Waals surface area contributed by atoms with Gasteiger partial charge in [0.05, 0.1) is 0 Å². The van der Waals surface area contributed by atoms with Crippen LogP contribution in [0.25, 0.3) is 0 Å². The number of carbonyl (C=O) groups excluding carboxylic acids is 1. The number of ether oxygens (including phenoxy) is 1. The van der Waals surface area contributed by atoms with Crippen molar-refractivity contribution in [3.05, 3.63) is 40.4 Å². The molecular weight excluding hydrogens is 224 g/mol. The molecule has 0 atom stereocenters. The van der Waals surface area contributed by atoms with Crippen molar-refractivity contribution in [3.8, 4) is 5.75 Å². The fourth-order valence-corrected chi connectivity index (χ4v) is 1.88. The van der Waals surface area contributed by atoms with Crippen LogP contribution in [0, 0.1) is 0 Å². The van der Waals surface area contributed by atoms with Gasteiger partial charge in [0.1, 0.15) is 12.4 Å². The molecule has 0 amide bonds. The number of ketones is 1. The summed E-state index contributed by atoms with van der Waals surface area (Å²) >= 11 is 5.56. The second kappa shape index (κ2) is 4.71. The maximum atomic E-state index is 11.5. The summed E-state index contributed by atoms with van der Waals surface area (Å²) in [4.78, 5) is 11.5. The van der Waals surface area contributed by atoms with E-state index in [2.05, 4.69) is 0 Å². The minimum atomic E-state index is 0.213. The van der Waals surface area contributed by atoms with Crippen LogP contribution in [0.1, 0.15) is 29.3 Å². The van der Waals surface area contributed by atoms with Crippen molar-refractivity contribution in [1.29, 1.82) is 0 Å². The smallest absolute Gasteiger partial charge is 0.163 e. The Morgan fingerprint density at radius 1 is 1.50 bits per heavy atom. The molecule has 0 saturated carbocycles. The summed E-state index contributed by atoms with van der Waals surface area (Å²) in [5.41, 5.74) is 4.32. The molecule has 0 saturated heterocycles. The average Bonchev–Trinajstić information content (AvgIpc) is 2.69. The highest BCUT2D eigenvalue weighted by Gasteiger charge is 2.22. The normalized spacial score (nSPS) is 15.1. The number of carbonyl (C=O) groups is 1. The Labute approximate surface area is 99.9 Å². The van der Waals surface area contributed by atoms with Gasteiger partial charge in [0.15, 0.2) is 5.78 Å². The molecule has 0 aliphatic heterocycles. The van der Waals surface area contributed by atoms with Crippen molar-refractivity contribution in [2.75, 3.05) is 6.61 Å². The fourth-order valence-electron chi connectivity index (χ4n) is 1.82. The van der Waals surface area contributed by atoms with Crippen LogP contribution in [0.3, 0.4) is 0 Å². The average molecular weight is 237 g/mol. The lowest BCUT2D eigenvalue weighted by Crippen LogP contribution is -2.01. The van der Waals surface area contributed by atoms with Crippen molar-refractivity contribution in [2.24, 2.45) is 0 Å². The number of fused-ring (bicyclic) bond motifs is 1. The van der Waals surface area contributed by atoms with Crippen molar-refractivity contribution in [3.63, 3.8) is 0 Å². The molecule has 1 aliphatic carbocycles. The number of hydrogen-bond donors (Lipinski definition) is 0. The molecule has 0 bridgehead atoms. The van der Waals surface area contributed by atoms with Gasteiger partial charge in [-0.25, -0.2) is 0 Å². The zero-order chi connectivity index (χ0) is 11.5. The van der Waals surface area contributed by atoms with Gasteiger partial charge in [-0.2, -0.15) is 0 Å². The summed E-state index contributed by atoms with van der Waals surface area (Å²) in [6.07, 6.45) is 1.38. The Balaban J connectivity index is 2.20. The summed E-state index contributed by atoms with van der Waals surface area (Å²) in [6.45, 7) is 2.37. The highest BCUT2D eigenvalue weighted by Crippen LogP contribution is 2.30. The lowest BCUT2D eigenvalue weighted by Gasteiger charge is -2.09. The Morgan fingerprint density at radius 3 is 3.06 bits per heavy atom. The second-order valence-corrected chi connectivity index (χ2v) is 4.17. The van der Waals surface area contributed by atoms with E-state index in [1.165, 1.54) is 5.54 Å². The third-order valence-electron chi connectivity index (χ3n) is 2.68. The van der Waals surface area contributed by atoms with Crippen LogP contribution in [0.2, 0.25) is 0 Å². The van der Waals surface area contributed by atoms with Crippen LogP contribution in [0.4, 0.5) is 0 Å². The first kappa shape index (κ1) is 11.2. The van der Waals surface area contributed by atoms with Gasteiger partial charge in [-0.05, 0) is 25.0 Å². The number of rotatable bonds is 3. The highest BCUT2D eigenvalue weighted by atomic mass is 35.5. The SMILES string of the molecule is C/C(=C/Cl)COc1cccc2c1CCC2=O. The van der Waals surface area contributed by atoms with Crippen LogP contribution in [0.15, 0.2) is 29.3 Å². The molecule has 2 nitrogen and oxygen atoms in total. The molecule has 16 heavy (non-hydrogen) atoms. The minimum absolute atomic E-state index is 0.213. The van der Waals surface area contributed by atoms with Gasteiger partial charge in [-0.15, -0.1) is 0 Å². The van der Waals surface area contributed by atoms with Crippen LogP contribution in [-0.2, 0) is 6.42 Å². The van der Waals surface area contributed by atoms with E-state index in [1.54, 1.807) is 0 Å². The Bertz CT molecular complexity index is 449. The molecule has 0 aromatic heterocycles. The minimum Gasteiger partial charge on any atom is -0.489 e. The summed E-state index contributed by atoms with van der Waals surface area (Å²) in [5, 5.41) is 0. The number of hydrogen-bond acceptors (Lipinski definition) is 2. The Morgan fingerprint density at radius 2 is 2.31 bits per heavy atom. The van der Waals surface area contributed by atoms with Crippen molar-refractivity contribution < 1.29 is 9.53 Å². The standard InChI is InChI=1S/C13H13ClO2/c1-9(7-14)8-16-13-4-2-3-10-11(13)5-6-12(10)15/h2-4,7H,5-6,8H2,1H3/b9-7-. The second-order valence-electron chi connectivity index (χ2n) is 3.95. The predicted octanol–water partition coefficient (Wildman–Crippen LogP) is 3.34. The summed E-state index contributed by atoms with van der Waals surface area (Å²) in [6, 6.07) is 5.62. The maximum Gasteiger partial charge on any atom is 0.163 e. The Kier molecular flexibility index (Phi) is 3.30. The molecule has 1 aromatic rings. The number of benzene rings is 1. The van der Waals surface area contributed by atoms with E-state index in [4.69, 9.17) is 16.3 Å². The molecule has 1 aliphatic rings. The van der Waals surface area contributed by atoms with E-state index >= 15 is 0 Å². The molecule has 0 radical (unpaired) electrons. The van der Waals surface area contributed by atoms with E-state index in [1.807, 2.05) is 25.1 Å². The van der Waals surface area contributed by atoms with Gasteiger partial charge in [-0.3, -0.25) is 4.79 Å². The topological polar surface area (TPSA) is 26.3 Å². The van der Waals surface area contributed by atoms with Crippen LogP contribution >= 0.6 is 11.6 Å². The quantitative estimate of drug-likeness (QED) is 0.805. The van der Waals surface area contributed by atoms with Crippen molar-refractivity contribution in [2.45, 2.75) is 19.8 Å². The van der Waals surface area contributed by atoms with Gasteiger partial charge >= 0.3 is 0 Å². The van der Waals surface area contributed by atoms with Gasteiger partial charge in [0.25, 0.3) is 0 Å². The first-order chi connectivity index (χ1) is 7.72. The molecule has 0 fully saturated rings. The van der Waals surface area contributed by atoms with Crippen LogP contribution in [-0.4, -0.2) is 12.4 Å². The number of halogens is 1. The van der Waals surface area contributed by atoms with Gasteiger partial charge in [0.2, 0.25) is 0 Å². The van der Waals surface area contributed by atoms with Gasteiger partial charge in [0, 0.05) is 23.1 Å². The lowest BCUT2D eigenvalue weighted by molar-refractivity contribution is 0.0994. The third kappa shape index (κ3) is 2.12. The molecule has 3 heteroatoms. The third-order valence-corrected chi connectivity index (χ3v) is 3.05. The van der Waals surface area contributed by atoms with Crippen LogP contribution < -0.4 is 4.74 Å². The molecule has 84 valence electrons. The summed E-state index contributed by atoms with van der Waals surface area (Å²) in [7, 11) is 0. The fraction of sp³-hybridized carbons (Fsp3) is 0.308. The van der Waals surface area contributed by atoms with Gasteiger partial charge < -0.3 is 4.74 Å². The molecular formula is C13H13ClO2.